The van der Waals surface area contributed by atoms with Crippen LogP contribution in [0.2, 0.25) is 0 Å². The second-order valence-corrected chi connectivity index (χ2v) is 10.2. The van der Waals surface area contributed by atoms with Crippen LogP contribution in [-0.4, -0.2) is 19.1 Å². The summed E-state index contributed by atoms with van der Waals surface area (Å²) in [7, 11) is 2.21. The first-order valence-electron chi connectivity index (χ1n) is 10.7. The molecule has 0 atom stereocenters. The van der Waals surface area contributed by atoms with Gasteiger partial charge in [-0.3, -0.25) is 0 Å². The zero-order chi connectivity index (χ0) is 20.9. The zero-order valence-electron chi connectivity index (χ0n) is 18.0. The Bertz CT molecular complexity index is 1640. The van der Waals surface area contributed by atoms with Gasteiger partial charge in [-0.1, -0.05) is 0 Å². The first-order chi connectivity index (χ1) is 15.2. The first kappa shape index (κ1) is 21.4. The Labute approximate surface area is 210 Å². The van der Waals surface area contributed by atoms with E-state index in [9.17, 15) is 0 Å². The van der Waals surface area contributed by atoms with E-state index in [4.69, 9.17) is 0 Å². The molecule has 0 aliphatic heterocycles. The maximum absolute atomic E-state index is 2.41. The van der Waals surface area contributed by atoms with E-state index in [2.05, 4.69) is 114 Å². The van der Waals surface area contributed by atoms with Crippen LogP contribution in [0.1, 0.15) is 17.1 Å². The fourth-order valence-electron chi connectivity index (χ4n) is 4.78. The number of aromatic nitrogens is 2. The molecule has 0 saturated carbocycles. The van der Waals surface area contributed by atoms with Gasteiger partial charge in [0.15, 0.2) is 0 Å². The summed E-state index contributed by atoms with van der Waals surface area (Å²) in [5.41, 5.74) is 5.26. The zero-order valence-corrected chi connectivity index (χ0v) is 21.9. The van der Waals surface area contributed by atoms with Crippen molar-refractivity contribution < 1.29 is 28.5 Å². The third kappa shape index (κ3) is 3.33. The van der Waals surface area contributed by atoms with E-state index in [1.54, 1.807) is 0 Å². The minimum absolute atomic E-state index is 0. The van der Waals surface area contributed by atoms with Crippen LogP contribution in [0.4, 0.5) is 0 Å². The second kappa shape index (κ2) is 8.51. The molecule has 6 aromatic rings. The molecule has 6 rings (SSSR count). The van der Waals surface area contributed by atoms with E-state index in [0.29, 0.717) is 14.5 Å². The van der Waals surface area contributed by atoms with Crippen LogP contribution >= 0.6 is 0 Å². The van der Waals surface area contributed by atoms with Gasteiger partial charge < -0.3 is 24.0 Å². The Morgan fingerprint density at radius 1 is 0.812 bits per heavy atom. The van der Waals surface area contributed by atoms with Gasteiger partial charge in [0, 0.05) is 0 Å². The number of halogens is 1. The number of rotatable bonds is 3. The Balaban J connectivity index is 0.00000216. The molecule has 32 heavy (non-hydrogen) atoms. The molecule has 2 aromatic heterocycles. The number of benzene rings is 4. The minimum Gasteiger partial charge on any atom is -1.00 e. The SMILES string of the molecule is CCn1c2ccccc2c2cc(/C=C/c3[se]c4ccc5ccccc5c4[n+]3C)ccc21.[I-]. The first-order valence-corrected chi connectivity index (χ1v) is 12.5. The quantitative estimate of drug-likeness (QED) is 0.170. The van der Waals surface area contributed by atoms with Crippen molar-refractivity contribution >= 4 is 69.0 Å². The van der Waals surface area contributed by atoms with Crippen LogP contribution in [0, 0.1) is 0 Å². The van der Waals surface area contributed by atoms with Crippen molar-refractivity contribution in [2.24, 2.45) is 7.05 Å². The molecular weight excluding hydrogens is 570 g/mol. The Kier molecular flexibility index (Phi) is 5.70. The molecule has 4 heteroatoms. The van der Waals surface area contributed by atoms with Gasteiger partial charge in [-0.05, 0) is 0 Å². The molecule has 158 valence electrons. The second-order valence-electron chi connectivity index (χ2n) is 8.00. The van der Waals surface area contributed by atoms with Crippen molar-refractivity contribution in [3.8, 4) is 0 Å². The summed E-state index contributed by atoms with van der Waals surface area (Å²) < 4.78 is 7.66. The van der Waals surface area contributed by atoms with Gasteiger partial charge in [-0.2, -0.15) is 0 Å². The molecule has 0 saturated heterocycles. The fourth-order valence-corrected chi connectivity index (χ4v) is 7.03. The third-order valence-electron chi connectivity index (χ3n) is 6.28. The van der Waals surface area contributed by atoms with E-state index in [1.165, 1.54) is 52.5 Å². The van der Waals surface area contributed by atoms with E-state index in [0.717, 1.165) is 6.54 Å². The predicted octanol–water partition coefficient (Wildman–Crippen LogP) is 3.18. The van der Waals surface area contributed by atoms with Gasteiger partial charge in [-0.25, -0.2) is 0 Å². The van der Waals surface area contributed by atoms with Gasteiger partial charge in [0.25, 0.3) is 0 Å². The number of aryl methyl sites for hydroxylation is 2. The molecule has 0 unspecified atom stereocenters. The maximum atomic E-state index is 2.41. The molecule has 0 amide bonds. The van der Waals surface area contributed by atoms with Gasteiger partial charge in [0.2, 0.25) is 0 Å². The maximum Gasteiger partial charge on any atom is -1.00 e. The number of fused-ring (bicyclic) bond motifs is 6. The van der Waals surface area contributed by atoms with E-state index in [1.807, 2.05) is 0 Å². The van der Waals surface area contributed by atoms with Crippen LogP contribution in [0.3, 0.4) is 0 Å². The van der Waals surface area contributed by atoms with Crippen molar-refractivity contribution in [3.63, 3.8) is 0 Å². The summed E-state index contributed by atoms with van der Waals surface area (Å²) in [4.78, 5) is 0. The largest absolute Gasteiger partial charge is 1.00 e. The van der Waals surface area contributed by atoms with Crippen LogP contribution in [-0.2, 0) is 13.6 Å². The number of nitrogens with zero attached hydrogens (tertiary/aromatic N) is 2. The van der Waals surface area contributed by atoms with E-state index >= 15 is 0 Å². The van der Waals surface area contributed by atoms with Crippen LogP contribution in [0.15, 0.2) is 78.9 Å². The van der Waals surface area contributed by atoms with E-state index in [-0.39, 0.29) is 24.0 Å². The molecule has 0 spiro atoms. The average Bonchev–Trinajstić information content (AvgIpc) is 3.31. The monoisotopic (exact) mass is 594 g/mol. The summed E-state index contributed by atoms with van der Waals surface area (Å²) in [6.45, 7) is 3.20. The number of hydrogen-bond acceptors (Lipinski definition) is 0. The smallest absolute Gasteiger partial charge is 1.00 e. The molecule has 0 fully saturated rings. The minimum atomic E-state index is 0. The molecule has 4 aromatic carbocycles. The van der Waals surface area contributed by atoms with Gasteiger partial charge in [0.05, 0.1) is 0 Å². The summed E-state index contributed by atoms with van der Waals surface area (Å²) >= 11 is 0.326. The molecular formula is C28H23IN2Se. The van der Waals surface area contributed by atoms with Gasteiger partial charge in [0.1, 0.15) is 0 Å². The molecule has 0 aliphatic carbocycles. The summed E-state index contributed by atoms with van der Waals surface area (Å²) in [5.74, 6) is 0. The van der Waals surface area contributed by atoms with Crippen LogP contribution in [0.5, 0.6) is 0 Å². The van der Waals surface area contributed by atoms with E-state index < -0.39 is 0 Å². The van der Waals surface area contributed by atoms with Crippen molar-refractivity contribution in [1.29, 1.82) is 0 Å². The van der Waals surface area contributed by atoms with Crippen molar-refractivity contribution in [2.75, 3.05) is 0 Å². The fraction of sp³-hybridized carbons (Fsp3) is 0.107. The molecule has 0 N–H and O–H groups in total. The Hall–Kier alpha value is -2.40. The summed E-state index contributed by atoms with van der Waals surface area (Å²) in [6, 6.07) is 28.8. The van der Waals surface area contributed by atoms with Gasteiger partial charge in [-0.15, -0.1) is 0 Å². The molecule has 0 aliphatic rings. The normalized spacial score (nSPS) is 11.8. The number of hydrogen-bond donors (Lipinski definition) is 0. The predicted molar refractivity (Wildman–Crippen MR) is 134 cm³/mol. The topological polar surface area (TPSA) is 8.81 Å². The van der Waals surface area contributed by atoms with Crippen LogP contribution < -0.4 is 28.5 Å². The van der Waals surface area contributed by atoms with Crippen molar-refractivity contribution in [3.05, 3.63) is 89.0 Å². The Morgan fingerprint density at radius 3 is 2.41 bits per heavy atom. The molecule has 2 nitrogen and oxygen atoms in total. The standard InChI is InChI=1S/C28H23N2Se.HI/c1-3-30-24-11-7-6-10-22(24)23-18-19(12-15-25(23)30)13-17-27-29(2)28-21-9-5-4-8-20(21)14-16-26(28)31-27;/h4-18H,3H2,1-2H3;1H/q+1;/p-1. The average molecular weight is 593 g/mol. The van der Waals surface area contributed by atoms with Gasteiger partial charge >= 0.3 is 188 Å². The molecule has 0 radical (unpaired) electrons. The molecule has 0 bridgehead atoms. The molecule has 2 heterocycles. The van der Waals surface area contributed by atoms with Crippen molar-refractivity contribution in [2.45, 2.75) is 13.5 Å². The number of para-hydroxylation sites is 1. The third-order valence-corrected chi connectivity index (χ3v) is 8.73. The summed E-state index contributed by atoms with van der Waals surface area (Å²) in [6.07, 6.45) is 4.59. The Morgan fingerprint density at radius 2 is 1.56 bits per heavy atom. The van der Waals surface area contributed by atoms with Crippen LogP contribution in [0.25, 0.3) is 54.5 Å². The summed E-state index contributed by atoms with van der Waals surface area (Å²) in [5, 5.41) is 5.33. The van der Waals surface area contributed by atoms with Crippen molar-refractivity contribution in [1.82, 2.24) is 4.57 Å².